The summed E-state index contributed by atoms with van der Waals surface area (Å²) in [5, 5.41) is 9.10. The molecule has 1 aliphatic heterocycles. The van der Waals surface area contributed by atoms with Crippen molar-refractivity contribution in [3.8, 4) is 0 Å². The predicted octanol–water partition coefficient (Wildman–Crippen LogP) is 5.93. The lowest BCUT2D eigenvalue weighted by Crippen LogP contribution is -2.37. The number of aromatic nitrogens is 3. The molecule has 3 aromatic rings. The van der Waals surface area contributed by atoms with Gasteiger partial charge in [0, 0.05) is 33.2 Å². The zero-order chi connectivity index (χ0) is 23.4. The van der Waals surface area contributed by atoms with Gasteiger partial charge in [0.1, 0.15) is 0 Å². The van der Waals surface area contributed by atoms with Crippen LogP contribution in [0.5, 0.6) is 0 Å². The van der Waals surface area contributed by atoms with E-state index < -0.39 is 0 Å². The predicted molar refractivity (Wildman–Crippen MR) is 138 cm³/mol. The highest BCUT2D eigenvalue weighted by Crippen LogP contribution is 2.31. The van der Waals surface area contributed by atoms with Gasteiger partial charge in [0.15, 0.2) is 0 Å². The van der Waals surface area contributed by atoms with Crippen LogP contribution in [-0.2, 0) is 4.74 Å². The van der Waals surface area contributed by atoms with Crippen LogP contribution in [0.2, 0.25) is 15.1 Å². The summed E-state index contributed by atoms with van der Waals surface area (Å²) < 4.78 is 6.28. The quantitative estimate of drug-likeness (QED) is 0.280. The monoisotopic (exact) mass is 569 g/mol. The molecule has 4 rings (SSSR count). The van der Waals surface area contributed by atoms with Crippen LogP contribution in [0.1, 0.15) is 11.1 Å². The molecule has 0 aliphatic carbocycles. The van der Waals surface area contributed by atoms with Crippen molar-refractivity contribution >= 4 is 80.5 Å². The lowest BCUT2D eigenvalue weighted by molar-refractivity contribution is 0.122. The van der Waals surface area contributed by atoms with Gasteiger partial charge in [-0.15, -0.1) is 0 Å². The Hall–Kier alpha value is -2.17. The molecule has 0 unspecified atom stereocenters. The molecule has 1 fully saturated rings. The van der Waals surface area contributed by atoms with Gasteiger partial charge in [-0.3, -0.25) is 0 Å². The highest BCUT2D eigenvalue weighted by molar-refractivity contribution is 9.10. The number of rotatable bonds is 6. The summed E-state index contributed by atoms with van der Waals surface area (Å²) in [6.07, 6.45) is 1.57. The Labute approximate surface area is 214 Å². The summed E-state index contributed by atoms with van der Waals surface area (Å²) in [6.45, 7) is 4.48. The maximum Gasteiger partial charge on any atom is 0.250 e. The number of nitrogens with one attached hydrogen (secondary N) is 2. The summed E-state index contributed by atoms with van der Waals surface area (Å²) in [7, 11) is 0. The standard InChI is InChI=1S/C21H19BrCl3N7O/c1-12-8-15(22)18(10-16(12)24)27-19-28-20(30-21(29-19)32-4-6-33-7-5-32)31-26-11-13-2-3-14(23)9-17(13)25/h2-3,8-11H,4-7H2,1H3,(H2,27,28,29,30,31)/b26-11+. The van der Waals surface area contributed by atoms with E-state index in [2.05, 4.69) is 46.7 Å². The molecular formula is C21H19BrCl3N7O. The van der Waals surface area contributed by atoms with Crippen molar-refractivity contribution in [2.75, 3.05) is 41.9 Å². The van der Waals surface area contributed by atoms with Crippen molar-refractivity contribution in [1.29, 1.82) is 0 Å². The molecule has 0 spiro atoms. The van der Waals surface area contributed by atoms with Gasteiger partial charge in [0.05, 0.1) is 30.1 Å². The number of ether oxygens (including phenoxy) is 1. The van der Waals surface area contributed by atoms with E-state index in [-0.39, 0.29) is 5.95 Å². The summed E-state index contributed by atoms with van der Waals surface area (Å²) in [5.74, 6) is 1.12. The van der Waals surface area contributed by atoms with Gasteiger partial charge in [-0.1, -0.05) is 40.9 Å². The van der Waals surface area contributed by atoms with E-state index in [0.717, 1.165) is 15.7 Å². The first-order valence-corrected chi connectivity index (χ1v) is 11.9. The number of aryl methyl sites for hydroxylation is 1. The van der Waals surface area contributed by atoms with Gasteiger partial charge in [-0.25, -0.2) is 5.43 Å². The topological polar surface area (TPSA) is 87.6 Å². The van der Waals surface area contributed by atoms with Crippen molar-refractivity contribution in [2.24, 2.45) is 5.10 Å². The van der Waals surface area contributed by atoms with E-state index >= 15 is 0 Å². The Balaban J connectivity index is 1.61. The molecule has 8 nitrogen and oxygen atoms in total. The fourth-order valence-electron chi connectivity index (χ4n) is 3.00. The summed E-state index contributed by atoms with van der Waals surface area (Å²) in [4.78, 5) is 15.6. The van der Waals surface area contributed by atoms with Crippen molar-refractivity contribution in [3.63, 3.8) is 0 Å². The average molecular weight is 572 g/mol. The first kappa shape index (κ1) is 24.0. The lowest BCUT2D eigenvalue weighted by atomic mass is 10.2. The molecule has 33 heavy (non-hydrogen) atoms. The summed E-state index contributed by atoms with van der Waals surface area (Å²) in [5.41, 5.74) is 5.24. The second-order valence-corrected chi connectivity index (χ2v) is 9.23. The average Bonchev–Trinajstić information content (AvgIpc) is 2.79. The number of hydrazone groups is 1. The number of benzene rings is 2. The van der Waals surface area contributed by atoms with Crippen LogP contribution in [0, 0.1) is 6.92 Å². The van der Waals surface area contributed by atoms with Crippen LogP contribution in [0.3, 0.4) is 0 Å². The lowest BCUT2D eigenvalue weighted by Gasteiger charge is -2.27. The Morgan fingerprint density at radius 1 is 1.03 bits per heavy atom. The Bertz CT molecular complexity index is 1190. The fraction of sp³-hybridized carbons (Fsp3) is 0.238. The van der Waals surface area contributed by atoms with Crippen molar-refractivity contribution in [3.05, 3.63) is 61.0 Å². The molecule has 1 aliphatic rings. The third-order valence-electron chi connectivity index (χ3n) is 4.74. The maximum absolute atomic E-state index is 6.30. The number of hydrogen-bond donors (Lipinski definition) is 2. The SMILES string of the molecule is Cc1cc(Br)c(Nc2nc(N/N=C/c3ccc(Cl)cc3Cl)nc(N3CCOCC3)n2)cc1Cl. The highest BCUT2D eigenvalue weighted by Gasteiger charge is 2.17. The molecule has 0 amide bonds. The first-order chi connectivity index (χ1) is 15.9. The van der Waals surface area contributed by atoms with Gasteiger partial charge in [-0.05, 0) is 52.7 Å². The molecule has 12 heteroatoms. The van der Waals surface area contributed by atoms with E-state index in [1.54, 1.807) is 24.4 Å². The van der Waals surface area contributed by atoms with Crippen LogP contribution < -0.4 is 15.6 Å². The van der Waals surface area contributed by atoms with Crippen LogP contribution in [-0.4, -0.2) is 47.5 Å². The minimum absolute atomic E-state index is 0.268. The second-order valence-electron chi connectivity index (χ2n) is 7.12. The van der Waals surface area contributed by atoms with Crippen molar-refractivity contribution in [1.82, 2.24) is 15.0 Å². The van der Waals surface area contributed by atoms with Crippen LogP contribution >= 0.6 is 50.7 Å². The van der Waals surface area contributed by atoms with E-state index in [0.29, 0.717) is 58.8 Å². The van der Waals surface area contributed by atoms with Crippen LogP contribution in [0.4, 0.5) is 23.5 Å². The summed E-state index contributed by atoms with van der Waals surface area (Å²) >= 11 is 22.0. The van der Waals surface area contributed by atoms with E-state index in [1.807, 2.05) is 24.0 Å². The fourth-order valence-corrected chi connectivity index (χ4v) is 4.18. The zero-order valence-electron chi connectivity index (χ0n) is 17.4. The third kappa shape index (κ3) is 6.24. The number of morpholine rings is 1. The Morgan fingerprint density at radius 3 is 2.55 bits per heavy atom. The second kappa shape index (κ2) is 10.8. The van der Waals surface area contributed by atoms with Gasteiger partial charge in [0.25, 0.3) is 0 Å². The number of halogens is 4. The molecule has 2 aromatic carbocycles. The molecule has 1 aromatic heterocycles. The van der Waals surface area contributed by atoms with Gasteiger partial charge in [0.2, 0.25) is 17.8 Å². The molecule has 0 atom stereocenters. The van der Waals surface area contributed by atoms with Gasteiger partial charge in [-0.2, -0.15) is 20.1 Å². The Kier molecular flexibility index (Phi) is 7.87. The minimum Gasteiger partial charge on any atom is -0.378 e. The van der Waals surface area contributed by atoms with Gasteiger partial charge < -0.3 is 15.0 Å². The molecule has 0 radical (unpaired) electrons. The van der Waals surface area contributed by atoms with Gasteiger partial charge >= 0.3 is 0 Å². The Morgan fingerprint density at radius 2 is 1.79 bits per heavy atom. The third-order valence-corrected chi connectivity index (χ3v) is 6.37. The number of anilines is 4. The molecule has 0 bridgehead atoms. The largest absolute Gasteiger partial charge is 0.378 e. The van der Waals surface area contributed by atoms with Crippen molar-refractivity contribution < 1.29 is 4.74 Å². The zero-order valence-corrected chi connectivity index (χ0v) is 21.3. The van der Waals surface area contributed by atoms with E-state index in [9.17, 15) is 0 Å². The van der Waals surface area contributed by atoms with Crippen molar-refractivity contribution in [2.45, 2.75) is 6.92 Å². The molecule has 2 heterocycles. The molecular weight excluding hydrogens is 553 g/mol. The highest BCUT2D eigenvalue weighted by atomic mass is 79.9. The number of nitrogens with zero attached hydrogens (tertiary/aromatic N) is 5. The van der Waals surface area contributed by atoms with Crippen LogP contribution in [0.15, 0.2) is 39.9 Å². The maximum atomic E-state index is 6.30. The molecule has 172 valence electrons. The molecule has 0 saturated carbocycles. The minimum atomic E-state index is 0.268. The van der Waals surface area contributed by atoms with E-state index in [1.165, 1.54) is 0 Å². The number of hydrogen-bond acceptors (Lipinski definition) is 8. The first-order valence-electron chi connectivity index (χ1n) is 9.94. The van der Waals surface area contributed by atoms with E-state index in [4.69, 9.17) is 39.5 Å². The molecule has 1 saturated heterocycles. The molecule has 2 N–H and O–H groups in total. The summed E-state index contributed by atoms with van der Waals surface area (Å²) in [6, 6.07) is 8.90. The normalized spacial score (nSPS) is 14.0. The van der Waals surface area contributed by atoms with Crippen LogP contribution in [0.25, 0.3) is 0 Å². The smallest absolute Gasteiger partial charge is 0.250 e.